The largest absolute Gasteiger partial charge is 0.476 e. The first-order valence-corrected chi connectivity index (χ1v) is 9.22. The molecule has 1 aromatic carbocycles. The molecule has 0 saturated heterocycles. The molecule has 0 bridgehead atoms. The van der Waals surface area contributed by atoms with E-state index < -0.39 is 23.8 Å². The third-order valence-corrected chi connectivity index (χ3v) is 4.68. The number of hydrogen-bond donors (Lipinski definition) is 3. The average molecular weight is 428 g/mol. The second-order valence-electron chi connectivity index (χ2n) is 6.45. The van der Waals surface area contributed by atoms with E-state index in [-0.39, 0.29) is 11.3 Å². The van der Waals surface area contributed by atoms with Gasteiger partial charge < -0.3 is 20.3 Å². The van der Waals surface area contributed by atoms with Crippen molar-refractivity contribution in [1.29, 1.82) is 0 Å². The zero-order valence-corrected chi connectivity index (χ0v) is 16.8. The molecule has 0 fully saturated rings. The summed E-state index contributed by atoms with van der Waals surface area (Å²) in [6.07, 6.45) is 4.55. The summed E-state index contributed by atoms with van der Waals surface area (Å²) in [7, 11) is 1.41. The number of pyridine rings is 1. The number of halogens is 1. The molecular formula is C20H18ClN5O4. The van der Waals surface area contributed by atoms with E-state index in [1.54, 1.807) is 30.6 Å². The Labute approximate surface area is 176 Å². The molecule has 2 amide bonds. The number of H-pyrrole nitrogens is 1. The van der Waals surface area contributed by atoms with Crippen molar-refractivity contribution in [2.45, 2.75) is 13.0 Å². The van der Waals surface area contributed by atoms with Crippen LogP contribution in [0, 0.1) is 0 Å². The molecule has 3 rings (SSSR count). The molecule has 3 N–H and O–H groups in total. The number of nitrogens with one attached hydrogen (secondary N) is 2. The number of rotatable bonds is 6. The first-order valence-electron chi connectivity index (χ1n) is 8.84. The first-order chi connectivity index (χ1) is 14.3. The van der Waals surface area contributed by atoms with Crippen molar-refractivity contribution in [1.82, 2.24) is 19.9 Å². The van der Waals surface area contributed by atoms with Gasteiger partial charge in [0.05, 0.1) is 5.56 Å². The lowest BCUT2D eigenvalue weighted by molar-refractivity contribution is -0.119. The zero-order chi connectivity index (χ0) is 21.8. The van der Waals surface area contributed by atoms with Gasteiger partial charge in [0.15, 0.2) is 5.69 Å². The molecule has 3 aromatic rings. The lowest BCUT2D eigenvalue weighted by Gasteiger charge is -2.24. The van der Waals surface area contributed by atoms with E-state index in [1.807, 2.05) is 0 Å². The Kier molecular flexibility index (Phi) is 6.12. The summed E-state index contributed by atoms with van der Waals surface area (Å²) in [5.74, 6) is -1.84. The van der Waals surface area contributed by atoms with Crippen molar-refractivity contribution in [2.75, 3.05) is 12.4 Å². The molecule has 0 saturated carbocycles. The third-order valence-electron chi connectivity index (χ3n) is 4.46. The highest BCUT2D eigenvalue weighted by atomic mass is 35.5. The van der Waals surface area contributed by atoms with Crippen LogP contribution in [0.1, 0.15) is 27.8 Å². The van der Waals surface area contributed by atoms with Crippen LogP contribution in [0.3, 0.4) is 0 Å². The van der Waals surface area contributed by atoms with Crippen molar-refractivity contribution in [3.05, 3.63) is 65.2 Å². The summed E-state index contributed by atoms with van der Waals surface area (Å²) in [6.45, 7) is 1.53. The number of aromatic nitrogens is 3. The van der Waals surface area contributed by atoms with E-state index in [4.69, 9.17) is 11.6 Å². The highest BCUT2D eigenvalue weighted by molar-refractivity contribution is 6.31. The molecule has 30 heavy (non-hydrogen) atoms. The van der Waals surface area contributed by atoms with Crippen LogP contribution in [0.25, 0.3) is 11.4 Å². The maximum Gasteiger partial charge on any atom is 0.355 e. The monoisotopic (exact) mass is 427 g/mol. The number of carboxylic acid groups (broad SMARTS) is 1. The highest BCUT2D eigenvalue weighted by Gasteiger charge is 2.27. The van der Waals surface area contributed by atoms with E-state index in [2.05, 4.69) is 20.3 Å². The molecule has 0 aliphatic heterocycles. The predicted octanol–water partition coefficient (Wildman–Crippen LogP) is 2.92. The second-order valence-corrected chi connectivity index (χ2v) is 6.89. The normalized spacial score (nSPS) is 11.6. The number of nitrogens with zero attached hydrogens (tertiary/aromatic N) is 3. The molecule has 0 spiro atoms. The molecule has 10 heteroatoms. The molecule has 0 unspecified atom stereocenters. The van der Waals surface area contributed by atoms with Crippen LogP contribution in [0.2, 0.25) is 5.02 Å². The molecule has 0 aliphatic rings. The molecule has 0 radical (unpaired) electrons. The van der Waals surface area contributed by atoms with Crippen molar-refractivity contribution in [3.63, 3.8) is 0 Å². The Morgan fingerprint density at radius 2 is 1.97 bits per heavy atom. The Bertz CT molecular complexity index is 1100. The number of imidazole rings is 1. The molecule has 1 atom stereocenters. The minimum atomic E-state index is -1.33. The Morgan fingerprint density at radius 1 is 1.20 bits per heavy atom. The fourth-order valence-corrected chi connectivity index (χ4v) is 2.99. The van der Waals surface area contributed by atoms with E-state index in [9.17, 15) is 19.5 Å². The number of carboxylic acids is 1. The predicted molar refractivity (Wildman–Crippen MR) is 110 cm³/mol. The average Bonchev–Trinajstić information content (AvgIpc) is 3.26. The summed E-state index contributed by atoms with van der Waals surface area (Å²) in [4.78, 5) is 48.8. The lowest BCUT2D eigenvalue weighted by Crippen LogP contribution is -2.43. The van der Waals surface area contributed by atoms with E-state index in [1.165, 1.54) is 32.3 Å². The van der Waals surface area contributed by atoms with Gasteiger partial charge in [-0.1, -0.05) is 11.6 Å². The number of benzene rings is 1. The highest BCUT2D eigenvalue weighted by Crippen LogP contribution is 2.25. The molecule has 9 nitrogen and oxygen atoms in total. The van der Waals surface area contributed by atoms with Gasteiger partial charge in [-0.25, -0.2) is 14.8 Å². The zero-order valence-electron chi connectivity index (χ0n) is 16.1. The molecule has 2 heterocycles. The minimum Gasteiger partial charge on any atom is -0.476 e. The van der Waals surface area contributed by atoms with Gasteiger partial charge in [0.2, 0.25) is 5.91 Å². The van der Waals surface area contributed by atoms with Gasteiger partial charge in [-0.15, -0.1) is 0 Å². The molecule has 2 aromatic heterocycles. The maximum absolute atomic E-state index is 12.7. The summed E-state index contributed by atoms with van der Waals surface area (Å²) >= 11 is 6.15. The lowest BCUT2D eigenvalue weighted by atomic mass is 10.1. The van der Waals surface area contributed by atoms with Gasteiger partial charge >= 0.3 is 5.97 Å². The summed E-state index contributed by atoms with van der Waals surface area (Å²) in [6, 6.07) is 6.88. The van der Waals surface area contributed by atoms with Crippen molar-refractivity contribution >= 4 is 35.1 Å². The topological polar surface area (TPSA) is 128 Å². The SMILES string of the molecule is C[C@@H](C(=O)Nc1cc(Cl)cc(-c2ncc[nH]2)c1)N(C)C(=O)c1cccnc1C(=O)O. The second kappa shape index (κ2) is 8.75. The number of carbonyl (C=O) groups is 3. The van der Waals surface area contributed by atoms with Gasteiger partial charge in [0.25, 0.3) is 5.91 Å². The van der Waals surface area contributed by atoms with E-state index in [0.29, 0.717) is 22.1 Å². The number of aromatic carboxylic acids is 1. The number of likely N-dealkylation sites (N-methyl/N-ethyl adjacent to an activating group) is 1. The van der Waals surface area contributed by atoms with E-state index in [0.717, 1.165) is 4.90 Å². The van der Waals surface area contributed by atoms with Crippen LogP contribution in [-0.4, -0.2) is 55.8 Å². The molecular weight excluding hydrogens is 410 g/mol. The Morgan fingerprint density at radius 3 is 2.63 bits per heavy atom. The van der Waals surface area contributed by atoms with E-state index >= 15 is 0 Å². The summed E-state index contributed by atoms with van der Waals surface area (Å²) < 4.78 is 0. The number of hydrogen-bond acceptors (Lipinski definition) is 5. The standard InChI is InChI=1S/C20H18ClN5O4/c1-11(26(2)19(28)15-4-3-5-22-16(15)20(29)30)18(27)25-14-9-12(8-13(21)10-14)17-23-6-7-24-17/h3-11H,1-2H3,(H,23,24)(H,25,27)(H,29,30)/t11-/m0/s1. The van der Waals surface area contributed by atoms with Crippen LogP contribution >= 0.6 is 11.6 Å². The van der Waals surface area contributed by atoms with Crippen LogP contribution < -0.4 is 5.32 Å². The smallest absolute Gasteiger partial charge is 0.355 e. The molecule has 0 aliphatic carbocycles. The Hall–Kier alpha value is -3.72. The fourth-order valence-electron chi connectivity index (χ4n) is 2.76. The van der Waals surface area contributed by atoms with Crippen molar-refractivity contribution < 1.29 is 19.5 Å². The summed E-state index contributed by atoms with van der Waals surface area (Å²) in [5.41, 5.74) is 0.635. The third kappa shape index (κ3) is 4.47. The van der Waals surface area contributed by atoms with Crippen LogP contribution in [0.15, 0.2) is 48.9 Å². The number of aromatic amines is 1. The van der Waals surface area contributed by atoms with Crippen molar-refractivity contribution in [2.24, 2.45) is 0 Å². The van der Waals surface area contributed by atoms with Gasteiger partial charge in [-0.3, -0.25) is 9.59 Å². The summed E-state index contributed by atoms with van der Waals surface area (Å²) in [5, 5.41) is 12.4. The quantitative estimate of drug-likeness (QED) is 0.554. The van der Waals surface area contributed by atoms with Gasteiger partial charge in [-0.05, 0) is 37.3 Å². The number of anilines is 1. The van der Waals surface area contributed by atoms with Gasteiger partial charge in [-0.2, -0.15) is 0 Å². The first kappa shape index (κ1) is 21.0. The fraction of sp³-hybridized carbons (Fsp3) is 0.150. The van der Waals surface area contributed by atoms with Crippen LogP contribution in [-0.2, 0) is 4.79 Å². The number of carbonyl (C=O) groups excluding carboxylic acids is 2. The molecule has 154 valence electrons. The van der Waals surface area contributed by atoms with Crippen LogP contribution in [0.4, 0.5) is 5.69 Å². The minimum absolute atomic E-state index is 0.102. The number of amides is 2. The van der Waals surface area contributed by atoms with Gasteiger partial charge in [0, 0.05) is 41.9 Å². The van der Waals surface area contributed by atoms with Crippen LogP contribution in [0.5, 0.6) is 0 Å². The van der Waals surface area contributed by atoms with Gasteiger partial charge in [0.1, 0.15) is 11.9 Å². The van der Waals surface area contributed by atoms with Crippen molar-refractivity contribution in [3.8, 4) is 11.4 Å². The maximum atomic E-state index is 12.7. The Balaban J connectivity index is 1.78.